The molecule has 1 aromatic heterocycles. The highest BCUT2D eigenvalue weighted by Gasteiger charge is 2.34. The van der Waals surface area contributed by atoms with Crippen LogP contribution in [0.1, 0.15) is 17.8 Å². The second kappa shape index (κ2) is 6.65. The molecule has 3 rings (SSSR count). The maximum absolute atomic E-state index is 12.5. The van der Waals surface area contributed by atoms with Crippen LogP contribution in [0.5, 0.6) is 0 Å². The van der Waals surface area contributed by atoms with Gasteiger partial charge in [0, 0.05) is 12.2 Å². The Labute approximate surface area is 145 Å². The number of hydrogen-bond donors (Lipinski definition) is 1. The maximum Gasteiger partial charge on any atom is 0.249 e. The van der Waals surface area contributed by atoms with E-state index in [-0.39, 0.29) is 18.4 Å². The summed E-state index contributed by atoms with van der Waals surface area (Å²) in [6.45, 7) is 4.42. The van der Waals surface area contributed by atoms with Crippen molar-refractivity contribution in [2.45, 2.75) is 32.9 Å². The number of carbonyl (C=O) groups excluding carboxylic acids is 2. The molecule has 2 amide bonds. The zero-order valence-corrected chi connectivity index (χ0v) is 14.4. The lowest BCUT2D eigenvalue weighted by Crippen LogP contribution is -2.43. The predicted molar refractivity (Wildman–Crippen MR) is 92.1 cm³/mol. The number of nitrogens with zero attached hydrogens (tertiary/aromatic N) is 3. The fourth-order valence-electron chi connectivity index (χ4n) is 2.93. The smallest absolute Gasteiger partial charge is 0.249 e. The van der Waals surface area contributed by atoms with Crippen molar-refractivity contribution in [3.63, 3.8) is 0 Å². The van der Waals surface area contributed by atoms with Crippen LogP contribution in [0.4, 0.5) is 5.69 Å². The van der Waals surface area contributed by atoms with Gasteiger partial charge in [0.1, 0.15) is 12.6 Å². The summed E-state index contributed by atoms with van der Waals surface area (Å²) in [5, 5.41) is 7.59. The van der Waals surface area contributed by atoms with Crippen LogP contribution in [0.2, 0.25) is 5.02 Å². The minimum absolute atomic E-state index is 0.107. The first-order chi connectivity index (χ1) is 11.5. The van der Waals surface area contributed by atoms with E-state index in [4.69, 9.17) is 11.6 Å². The van der Waals surface area contributed by atoms with E-state index in [1.54, 1.807) is 21.7 Å². The van der Waals surface area contributed by atoms with Crippen LogP contribution < -0.4 is 10.2 Å². The van der Waals surface area contributed by atoms with Crippen molar-refractivity contribution in [2.75, 3.05) is 11.4 Å². The van der Waals surface area contributed by atoms with Gasteiger partial charge in [-0.1, -0.05) is 23.7 Å². The monoisotopic (exact) mass is 346 g/mol. The molecule has 1 saturated heterocycles. The molecular weight excluding hydrogens is 328 g/mol. The van der Waals surface area contributed by atoms with Crippen LogP contribution in [0.25, 0.3) is 0 Å². The van der Waals surface area contributed by atoms with Crippen LogP contribution in [0, 0.1) is 13.8 Å². The fourth-order valence-corrected chi connectivity index (χ4v) is 3.17. The highest BCUT2D eigenvalue weighted by Crippen LogP contribution is 2.28. The van der Waals surface area contributed by atoms with E-state index in [1.807, 2.05) is 32.0 Å². The van der Waals surface area contributed by atoms with E-state index in [0.29, 0.717) is 23.7 Å². The molecule has 24 heavy (non-hydrogen) atoms. The van der Waals surface area contributed by atoms with Crippen LogP contribution >= 0.6 is 11.6 Å². The molecule has 0 radical (unpaired) electrons. The van der Waals surface area contributed by atoms with Gasteiger partial charge >= 0.3 is 0 Å². The number of aryl methyl sites for hydroxylation is 2. The molecule has 2 heterocycles. The summed E-state index contributed by atoms with van der Waals surface area (Å²) < 4.78 is 1.63. The molecule has 1 fully saturated rings. The quantitative estimate of drug-likeness (QED) is 0.921. The molecular formula is C17H19ClN4O2. The van der Waals surface area contributed by atoms with Crippen molar-refractivity contribution in [3.05, 3.63) is 46.7 Å². The summed E-state index contributed by atoms with van der Waals surface area (Å²) in [6, 6.07) is 8.60. The minimum atomic E-state index is -0.522. The lowest BCUT2D eigenvalue weighted by molar-refractivity contribution is -0.127. The summed E-state index contributed by atoms with van der Waals surface area (Å²) >= 11 is 6.16. The Morgan fingerprint density at radius 3 is 2.79 bits per heavy atom. The summed E-state index contributed by atoms with van der Waals surface area (Å²) in [6.07, 6.45) is 0.562. The molecule has 1 N–H and O–H groups in total. The Kier molecular flexibility index (Phi) is 4.57. The van der Waals surface area contributed by atoms with E-state index < -0.39 is 6.04 Å². The maximum atomic E-state index is 12.5. The second-order valence-electron chi connectivity index (χ2n) is 5.93. The number of amides is 2. The average molecular weight is 347 g/mol. The molecule has 7 heteroatoms. The zero-order chi connectivity index (χ0) is 17.3. The summed E-state index contributed by atoms with van der Waals surface area (Å²) in [5.41, 5.74) is 2.46. The normalized spacial score (nSPS) is 17.4. The van der Waals surface area contributed by atoms with Crippen LogP contribution in [-0.4, -0.2) is 34.2 Å². The van der Waals surface area contributed by atoms with Crippen LogP contribution in [-0.2, 0) is 16.1 Å². The standard InChI is InChI=1S/C17H19ClN4O2/c1-11-9-12(2)22(20-11)10-16(23)19-14-7-8-21(17(14)24)15-6-4-3-5-13(15)18/h3-6,9,14H,7-8,10H2,1-2H3,(H,19,23)/t14-/m1/s1. The zero-order valence-electron chi connectivity index (χ0n) is 13.6. The number of hydrogen-bond acceptors (Lipinski definition) is 3. The van der Waals surface area contributed by atoms with E-state index in [1.165, 1.54) is 0 Å². The molecule has 126 valence electrons. The molecule has 1 aromatic carbocycles. The molecule has 1 atom stereocenters. The molecule has 0 saturated carbocycles. The van der Waals surface area contributed by atoms with Crippen molar-refractivity contribution < 1.29 is 9.59 Å². The Morgan fingerprint density at radius 2 is 2.12 bits per heavy atom. The van der Waals surface area contributed by atoms with Gasteiger partial charge in [-0.2, -0.15) is 5.10 Å². The van der Waals surface area contributed by atoms with Gasteiger partial charge in [0.15, 0.2) is 0 Å². The third kappa shape index (κ3) is 3.28. The average Bonchev–Trinajstić information content (AvgIpc) is 3.03. The van der Waals surface area contributed by atoms with Gasteiger partial charge in [0.25, 0.3) is 0 Å². The Morgan fingerprint density at radius 1 is 1.38 bits per heavy atom. The predicted octanol–water partition coefficient (Wildman–Crippen LogP) is 2.08. The van der Waals surface area contributed by atoms with Gasteiger partial charge in [0.05, 0.1) is 16.4 Å². The van der Waals surface area contributed by atoms with Gasteiger partial charge in [-0.3, -0.25) is 14.3 Å². The first-order valence-electron chi connectivity index (χ1n) is 7.82. The molecule has 0 aliphatic carbocycles. The number of benzene rings is 1. The molecule has 0 bridgehead atoms. The first kappa shape index (κ1) is 16.5. The second-order valence-corrected chi connectivity index (χ2v) is 6.34. The number of anilines is 1. The number of aromatic nitrogens is 2. The summed E-state index contributed by atoms with van der Waals surface area (Å²) in [5.74, 6) is -0.356. The SMILES string of the molecule is Cc1cc(C)n(CC(=O)N[C@@H]2CCN(c3ccccc3Cl)C2=O)n1. The van der Waals surface area contributed by atoms with Crippen molar-refractivity contribution >= 4 is 29.1 Å². The molecule has 1 aliphatic heterocycles. The highest BCUT2D eigenvalue weighted by atomic mass is 35.5. The van der Waals surface area contributed by atoms with Gasteiger partial charge < -0.3 is 10.2 Å². The first-order valence-corrected chi connectivity index (χ1v) is 8.20. The van der Waals surface area contributed by atoms with Crippen molar-refractivity contribution in [2.24, 2.45) is 0 Å². The largest absolute Gasteiger partial charge is 0.343 e. The molecule has 0 unspecified atom stereocenters. The molecule has 0 spiro atoms. The van der Waals surface area contributed by atoms with Crippen molar-refractivity contribution in [3.8, 4) is 0 Å². The molecule has 1 aliphatic rings. The summed E-state index contributed by atoms with van der Waals surface area (Å²) in [4.78, 5) is 26.4. The van der Waals surface area contributed by atoms with E-state index in [0.717, 1.165) is 11.4 Å². The van der Waals surface area contributed by atoms with Gasteiger partial charge in [0.2, 0.25) is 11.8 Å². The third-order valence-corrected chi connectivity index (χ3v) is 4.40. The third-order valence-electron chi connectivity index (χ3n) is 4.08. The van der Waals surface area contributed by atoms with Gasteiger partial charge in [-0.25, -0.2) is 0 Å². The Balaban J connectivity index is 1.64. The number of para-hydroxylation sites is 1. The molecule has 2 aromatic rings. The van der Waals surface area contributed by atoms with Gasteiger partial charge in [-0.15, -0.1) is 0 Å². The number of rotatable bonds is 4. The lowest BCUT2D eigenvalue weighted by atomic mass is 10.2. The van der Waals surface area contributed by atoms with Crippen molar-refractivity contribution in [1.82, 2.24) is 15.1 Å². The summed E-state index contributed by atoms with van der Waals surface area (Å²) in [7, 11) is 0. The number of halogens is 1. The fraction of sp³-hybridized carbons (Fsp3) is 0.353. The highest BCUT2D eigenvalue weighted by molar-refractivity contribution is 6.34. The van der Waals surface area contributed by atoms with E-state index in [2.05, 4.69) is 10.4 Å². The van der Waals surface area contributed by atoms with Gasteiger partial charge in [-0.05, 0) is 38.5 Å². The Bertz CT molecular complexity index is 787. The lowest BCUT2D eigenvalue weighted by Gasteiger charge is -2.18. The van der Waals surface area contributed by atoms with E-state index >= 15 is 0 Å². The molecule has 6 nitrogen and oxygen atoms in total. The van der Waals surface area contributed by atoms with Crippen LogP contribution in [0.15, 0.2) is 30.3 Å². The number of carbonyl (C=O) groups is 2. The minimum Gasteiger partial charge on any atom is -0.343 e. The van der Waals surface area contributed by atoms with E-state index in [9.17, 15) is 9.59 Å². The van der Waals surface area contributed by atoms with Crippen molar-refractivity contribution in [1.29, 1.82) is 0 Å². The topological polar surface area (TPSA) is 67.2 Å². The van der Waals surface area contributed by atoms with Crippen LogP contribution in [0.3, 0.4) is 0 Å². The Hall–Kier alpha value is -2.34. The number of nitrogens with one attached hydrogen (secondary N) is 1.